The second-order valence-corrected chi connectivity index (χ2v) is 7.25. The SMILES string of the molecule is COCC1(C(=O)NCC(c2ccccc2)N2CCOCC2)CCNCC1.Cl.Cl. The Labute approximate surface area is 180 Å². The monoisotopic (exact) mass is 433 g/mol. The summed E-state index contributed by atoms with van der Waals surface area (Å²) in [6, 6.07) is 10.6. The molecule has 2 heterocycles. The Balaban J connectivity index is 0.00000196. The summed E-state index contributed by atoms with van der Waals surface area (Å²) in [5.41, 5.74) is 0.826. The first kappa shape index (κ1) is 25.1. The van der Waals surface area contributed by atoms with E-state index in [0.717, 1.165) is 52.2 Å². The van der Waals surface area contributed by atoms with Crippen LogP contribution in [0.5, 0.6) is 0 Å². The highest BCUT2D eigenvalue weighted by molar-refractivity contribution is 5.85. The van der Waals surface area contributed by atoms with E-state index >= 15 is 0 Å². The van der Waals surface area contributed by atoms with Crippen LogP contribution in [0.4, 0.5) is 0 Å². The van der Waals surface area contributed by atoms with Crippen LogP contribution in [0.2, 0.25) is 0 Å². The number of morpholine rings is 1. The van der Waals surface area contributed by atoms with Gasteiger partial charge in [0.05, 0.1) is 31.3 Å². The molecule has 1 aromatic rings. The molecule has 3 rings (SSSR count). The van der Waals surface area contributed by atoms with Crippen LogP contribution in [0.3, 0.4) is 0 Å². The van der Waals surface area contributed by atoms with Gasteiger partial charge in [0.1, 0.15) is 0 Å². The third-order valence-electron chi connectivity index (χ3n) is 5.59. The van der Waals surface area contributed by atoms with E-state index in [-0.39, 0.29) is 36.8 Å². The van der Waals surface area contributed by atoms with Gasteiger partial charge in [0, 0.05) is 26.7 Å². The molecular formula is C20H33Cl2N3O3. The number of benzene rings is 1. The van der Waals surface area contributed by atoms with Crippen LogP contribution in [0.25, 0.3) is 0 Å². The molecule has 0 aromatic heterocycles. The van der Waals surface area contributed by atoms with Gasteiger partial charge in [-0.05, 0) is 31.5 Å². The van der Waals surface area contributed by atoms with Crippen molar-refractivity contribution in [3.63, 3.8) is 0 Å². The van der Waals surface area contributed by atoms with Gasteiger partial charge in [-0.1, -0.05) is 30.3 Å². The van der Waals surface area contributed by atoms with Gasteiger partial charge in [-0.15, -0.1) is 24.8 Å². The van der Waals surface area contributed by atoms with Gasteiger partial charge in [-0.3, -0.25) is 9.69 Å². The minimum atomic E-state index is -0.410. The number of methoxy groups -OCH3 is 1. The summed E-state index contributed by atoms with van der Waals surface area (Å²) in [5.74, 6) is 0.120. The molecular weight excluding hydrogens is 401 g/mol. The van der Waals surface area contributed by atoms with Crippen molar-refractivity contribution in [2.24, 2.45) is 5.41 Å². The summed E-state index contributed by atoms with van der Waals surface area (Å²) in [7, 11) is 1.68. The summed E-state index contributed by atoms with van der Waals surface area (Å²) >= 11 is 0. The molecule has 6 nitrogen and oxygen atoms in total. The molecule has 0 spiro atoms. The number of piperidine rings is 1. The van der Waals surface area contributed by atoms with Gasteiger partial charge >= 0.3 is 0 Å². The van der Waals surface area contributed by atoms with Crippen molar-refractivity contribution in [2.75, 3.05) is 59.7 Å². The lowest BCUT2D eigenvalue weighted by Crippen LogP contribution is -2.52. The van der Waals surface area contributed by atoms with E-state index in [1.807, 2.05) is 6.07 Å². The number of halogens is 2. The standard InChI is InChI=1S/C20H31N3O3.2ClH/c1-25-16-20(7-9-21-10-8-20)19(24)22-15-18(17-5-3-2-4-6-17)23-11-13-26-14-12-23;;/h2-6,18,21H,7-16H2,1H3,(H,22,24);2*1H. The third kappa shape index (κ3) is 6.31. The predicted molar refractivity (Wildman–Crippen MR) is 115 cm³/mol. The summed E-state index contributed by atoms with van der Waals surface area (Å²) in [4.78, 5) is 15.5. The molecule has 160 valence electrons. The van der Waals surface area contributed by atoms with E-state index in [2.05, 4.69) is 39.8 Å². The molecule has 1 unspecified atom stereocenters. The lowest BCUT2D eigenvalue weighted by molar-refractivity contribution is -0.136. The van der Waals surface area contributed by atoms with Crippen LogP contribution in [0, 0.1) is 5.41 Å². The molecule has 28 heavy (non-hydrogen) atoms. The van der Waals surface area contributed by atoms with E-state index < -0.39 is 5.41 Å². The molecule has 0 radical (unpaired) electrons. The molecule has 2 fully saturated rings. The first-order valence-corrected chi connectivity index (χ1v) is 9.60. The van der Waals surface area contributed by atoms with Crippen molar-refractivity contribution >= 4 is 30.7 Å². The molecule has 1 amide bonds. The number of carbonyl (C=O) groups excluding carboxylic acids is 1. The van der Waals surface area contributed by atoms with Crippen molar-refractivity contribution < 1.29 is 14.3 Å². The minimum Gasteiger partial charge on any atom is -0.384 e. The van der Waals surface area contributed by atoms with Crippen molar-refractivity contribution in [1.29, 1.82) is 0 Å². The smallest absolute Gasteiger partial charge is 0.228 e. The van der Waals surface area contributed by atoms with Gasteiger partial charge in [-0.2, -0.15) is 0 Å². The Bertz CT molecular complexity index is 560. The Morgan fingerprint density at radius 1 is 1.21 bits per heavy atom. The van der Waals surface area contributed by atoms with Crippen LogP contribution < -0.4 is 10.6 Å². The molecule has 8 heteroatoms. The average Bonchev–Trinajstić information content (AvgIpc) is 2.70. The highest BCUT2D eigenvalue weighted by Crippen LogP contribution is 2.30. The van der Waals surface area contributed by atoms with Crippen molar-refractivity contribution in [1.82, 2.24) is 15.5 Å². The zero-order valence-corrected chi connectivity index (χ0v) is 18.2. The molecule has 2 aliphatic rings. The third-order valence-corrected chi connectivity index (χ3v) is 5.59. The molecule has 1 aromatic carbocycles. The molecule has 1 atom stereocenters. The Morgan fingerprint density at radius 3 is 2.46 bits per heavy atom. The number of hydrogen-bond donors (Lipinski definition) is 2. The summed E-state index contributed by atoms with van der Waals surface area (Å²) in [5, 5.41) is 6.58. The van der Waals surface area contributed by atoms with E-state index in [4.69, 9.17) is 9.47 Å². The largest absolute Gasteiger partial charge is 0.384 e. The second-order valence-electron chi connectivity index (χ2n) is 7.25. The fraction of sp³-hybridized carbons (Fsp3) is 0.650. The maximum absolute atomic E-state index is 13.1. The van der Waals surface area contributed by atoms with Crippen molar-refractivity contribution in [3.8, 4) is 0 Å². The highest BCUT2D eigenvalue weighted by Gasteiger charge is 2.40. The number of carbonyl (C=O) groups is 1. The molecule has 2 N–H and O–H groups in total. The van der Waals surface area contributed by atoms with E-state index in [1.54, 1.807) is 7.11 Å². The lowest BCUT2D eigenvalue weighted by Gasteiger charge is -2.38. The van der Waals surface area contributed by atoms with Crippen LogP contribution in [0.1, 0.15) is 24.4 Å². The first-order valence-electron chi connectivity index (χ1n) is 9.60. The van der Waals surface area contributed by atoms with Gasteiger partial charge in [0.25, 0.3) is 0 Å². The molecule has 0 aliphatic carbocycles. The number of nitrogens with zero attached hydrogens (tertiary/aromatic N) is 1. The zero-order valence-electron chi connectivity index (χ0n) is 16.5. The lowest BCUT2D eigenvalue weighted by atomic mass is 9.78. The molecule has 2 aliphatic heterocycles. The predicted octanol–water partition coefficient (Wildman–Crippen LogP) is 2.04. The quantitative estimate of drug-likeness (QED) is 0.688. The number of ether oxygens (including phenoxy) is 2. The molecule has 0 bridgehead atoms. The minimum absolute atomic E-state index is 0. The maximum Gasteiger partial charge on any atom is 0.228 e. The fourth-order valence-electron chi connectivity index (χ4n) is 4.02. The summed E-state index contributed by atoms with van der Waals surface area (Å²) in [6.07, 6.45) is 1.64. The topological polar surface area (TPSA) is 62.8 Å². The first-order chi connectivity index (χ1) is 12.7. The highest BCUT2D eigenvalue weighted by atomic mass is 35.5. The van der Waals surface area contributed by atoms with Gasteiger partial charge < -0.3 is 20.1 Å². The Kier molecular flexibility index (Phi) is 11.3. The zero-order chi connectivity index (χ0) is 18.2. The molecule has 0 saturated carbocycles. The maximum atomic E-state index is 13.1. The van der Waals surface area contributed by atoms with Crippen molar-refractivity contribution in [3.05, 3.63) is 35.9 Å². The molecule has 2 saturated heterocycles. The Morgan fingerprint density at radius 2 is 1.86 bits per heavy atom. The van der Waals surface area contributed by atoms with Crippen molar-refractivity contribution in [2.45, 2.75) is 18.9 Å². The fourth-order valence-corrected chi connectivity index (χ4v) is 4.02. The van der Waals surface area contributed by atoms with Crippen LogP contribution >= 0.6 is 24.8 Å². The Hall–Kier alpha value is -0.890. The van der Waals surface area contributed by atoms with Crippen LogP contribution in [-0.2, 0) is 14.3 Å². The summed E-state index contributed by atoms with van der Waals surface area (Å²) < 4.78 is 10.9. The van der Waals surface area contributed by atoms with E-state index in [0.29, 0.717) is 13.2 Å². The number of amides is 1. The average molecular weight is 434 g/mol. The van der Waals surface area contributed by atoms with Gasteiger partial charge in [0.15, 0.2) is 0 Å². The number of rotatable bonds is 7. The number of hydrogen-bond acceptors (Lipinski definition) is 5. The van der Waals surface area contributed by atoms with E-state index in [1.165, 1.54) is 5.56 Å². The normalized spacial score (nSPS) is 20.3. The van der Waals surface area contributed by atoms with Crippen LogP contribution in [0.15, 0.2) is 30.3 Å². The van der Waals surface area contributed by atoms with Crippen LogP contribution in [-0.4, -0.2) is 70.5 Å². The van der Waals surface area contributed by atoms with E-state index in [9.17, 15) is 4.79 Å². The van der Waals surface area contributed by atoms with Gasteiger partial charge in [0.2, 0.25) is 5.91 Å². The summed E-state index contributed by atoms with van der Waals surface area (Å²) in [6.45, 7) is 6.10. The second kappa shape index (κ2) is 12.6. The number of nitrogens with one attached hydrogen (secondary N) is 2. The van der Waals surface area contributed by atoms with Gasteiger partial charge in [-0.25, -0.2) is 0 Å².